The van der Waals surface area contributed by atoms with Crippen LogP contribution in [0.1, 0.15) is 6.92 Å². The Balaban J connectivity index is 2.89. The second kappa shape index (κ2) is 5.70. The summed E-state index contributed by atoms with van der Waals surface area (Å²) in [6.07, 6.45) is 2.80. The van der Waals surface area contributed by atoms with Gasteiger partial charge in [0.15, 0.2) is 9.84 Å². The number of hydrogen-bond donors (Lipinski definition) is 1. The van der Waals surface area contributed by atoms with Gasteiger partial charge in [0.05, 0.1) is 14.7 Å². The van der Waals surface area contributed by atoms with Gasteiger partial charge < -0.3 is 10.0 Å². The Kier molecular flexibility index (Phi) is 4.13. The van der Waals surface area contributed by atoms with Crippen molar-refractivity contribution in [2.75, 3.05) is 11.2 Å². The quantitative estimate of drug-likeness (QED) is 0.573. The average Bonchev–Trinajstić information content (AvgIpc) is 2.87. The number of carboxylic acid groups (broad SMARTS) is 1. The zero-order chi connectivity index (χ0) is 19.2. The number of nitrogens with zero attached hydrogens (tertiary/aromatic N) is 4. The Bertz CT molecular complexity index is 890. The molecular weight excluding hydrogens is 360 g/mol. The second-order valence-electron chi connectivity index (χ2n) is 5.22. The first-order valence-electron chi connectivity index (χ1n) is 6.48. The van der Waals surface area contributed by atoms with Gasteiger partial charge in [0.2, 0.25) is 11.4 Å². The van der Waals surface area contributed by atoms with Gasteiger partial charge in [-0.3, -0.25) is 25.5 Å². The van der Waals surface area contributed by atoms with E-state index in [-0.39, 0.29) is 0 Å². The van der Waals surface area contributed by atoms with E-state index in [1.165, 1.54) is 0 Å². The molecule has 2 rings (SSSR count). The van der Waals surface area contributed by atoms with Crippen LogP contribution in [0.4, 0.5) is 17.1 Å². The van der Waals surface area contributed by atoms with Gasteiger partial charge in [-0.1, -0.05) is 0 Å². The van der Waals surface area contributed by atoms with Crippen molar-refractivity contribution in [3.8, 4) is 0 Å². The molecule has 0 amide bonds. The summed E-state index contributed by atoms with van der Waals surface area (Å²) in [5.41, 5.74) is -4.58. The highest BCUT2D eigenvalue weighted by Crippen LogP contribution is 2.43. The van der Waals surface area contributed by atoms with Crippen LogP contribution in [0.2, 0.25) is 0 Å². The van der Waals surface area contributed by atoms with Crippen molar-refractivity contribution in [2.45, 2.75) is 17.5 Å². The Labute approximate surface area is 140 Å². The Morgan fingerprint density at radius 2 is 1.72 bits per heavy atom. The normalized spacial score (nSPS) is 19.5. The van der Waals surface area contributed by atoms with E-state index in [0.717, 1.165) is 30.5 Å². The topological polar surface area (TPSA) is 175 Å². The number of carbonyl (C=O) groups is 1. The molecule has 1 aliphatic rings. The molecule has 1 aromatic rings. The molecule has 1 aliphatic heterocycles. The summed E-state index contributed by atoms with van der Waals surface area (Å²) in [4.78, 5) is 32.3. The third-order valence-electron chi connectivity index (χ3n) is 3.52. The highest BCUT2D eigenvalue weighted by molar-refractivity contribution is 7.90. The summed E-state index contributed by atoms with van der Waals surface area (Å²) in [5, 5.41) is 35.8. The molecule has 0 fully saturated rings. The summed E-state index contributed by atoms with van der Waals surface area (Å²) >= 11 is 0. The maximum Gasteiger partial charge on any atom is 0.352 e. The lowest BCUT2D eigenvalue weighted by Crippen LogP contribution is -2.52. The molecule has 12 nitrogen and oxygen atoms in total. The van der Waals surface area contributed by atoms with Gasteiger partial charge in [0.25, 0.3) is 0 Å². The van der Waals surface area contributed by atoms with E-state index in [1.54, 1.807) is 0 Å². The molecule has 1 unspecified atom stereocenters. The average molecular weight is 371 g/mol. The molecule has 13 heteroatoms. The van der Waals surface area contributed by atoms with Crippen LogP contribution in [0, 0.1) is 20.2 Å². The van der Waals surface area contributed by atoms with Crippen molar-refractivity contribution in [3.63, 3.8) is 0 Å². The molecule has 0 saturated heterocycles. The first kappa shape index (κ1) is 18.1. The van der Waals surface area contributed by atoms with E-state index < -0.39 is 53.3 Å². The summed E-state index contributed by atoms with van der Waals surface area (Å²) in [5.74, 6) is -1.51. The minimum absolute atomic E-state index is 0.633. The minimum atomic E-state index is -3.99. The molecule has 1 atom stereocenters. The Hall–Kier alpha value is -3.22. The second-order valence-corrected chi connectivity index (χ2v) is 7.24. The fourth-order valence-corrected chi connectivity index (χ4v) is 2.87. The number of sulfone groups is 1. The maximum absolute atomic E-state index is 11.7. The van der Waals surface area contributed by atoms with Gasteiger partial charge in [-0.25, -0.2) is 13.2 Å². The molecule has 0 saturated carbocycles. The smallest absolute Gasteiger partial charge is 0.352 e. The lowest BCUT2D eigenvalue weighted by atomic mass is 10.1. The standard InChI is InChI=1S/C12H11N4O8S/c1-12(11(17)18)13-3-4-14(12)10-8(15(19)20)5-7(25(2,23)24)6-9(10)16(21)22/h3-6H,1-2H3,(H,17,18). The molecule has 0 aromatic heterocycles. The van der Waals surface area contributed by atoms with Crippen molar-refractivity contribution in [1.29, 1.82) is 0 Å². The van der Waals surface area contributed by atoms with Gasteiger partial charge in [0.1, 0.15) is 0 Å². The first-order chi connectivity index (χ1) is 11.4. The van der Waals surface area contributed by atoms with Crippen LogP contribution in [-0.4, -0.2) is 41.3 Å². The molecule has 0 aliphatic carbocycles. The van der Waals surface area contributed by atoms with E-state index in [4.69, 9.17) is 0 Å². The zero-order valence-electron chi connectivity index (χ0n) is 12.8. The van der Waals surface area contributed by atoms with Gasteiger partial charge >= 0.3 is 17.3 Å². The summed E-state index contributed by atoms with van der Waals surface area (Å²) in [7, 11) is -3.99. The van der Waals surface area contributed by atoms with Crippen LogP contribution in [0.25, 0.3) is 0 Å². The van der Waals surface area contributed by atoms with Crippen LogP contribution in [0.3, 0.4) is 0 Å². The van der Waals surface area contributed by atoms with Crippen LogP contribution in [0.15, 0.2) is 29.4 Å². The fourth-order valence-electron chi connectivity index (χ4n) is 2.22. The lowest BCUT2D eigenvalue weighted by molar-refractivity contribution is -0.393. The van der Waals surface area contributed by atoms with Crippen molar-refractivity contribution < 1.29 is 28.2 Å². The van der Waals surface area contributed by atoms with Gasteiger partial charge in [-0.15, -0.1) is 0 Å². The van der Waals surface area contributed by atoms with E-state index in [1.807, 2.05) is 0 Å². The van der Waals surface area contributed by atoms with Crippen LogP contribution in [-0.2, 0) is 14.6 Å². The third-order valence-corrected chi connectivity index (χ3v) is 4.61. The largest absolute Gasteiger partial charge is 0.478 e. The van der Waals surface area contributed by atoms with Gasteiger partial charge in [-0.2, -0.15) is 0 Å². The molecule has 0 bridgehead atoms. The third kappa shape index (κ3) is 2.96. The predicted octanol–water partition coefficient (Wildman–Crippen LogP) is 0.603. The Morgan fingerprint density at radius 3 is 2.08 bits per heavy atom. The molecule has 1 heterocycles. The number of benzene rings is 1. The van der Waals surface area contributed by atoms with Gasteiger partial charge in [-0.05, 0) is 6.92 Å². The van der Waals surface area contributed by atoms with Crippen molar-refractivity contribution in [3.05, 3.63) is 44.8 Å². The van der Waals surface area contributed by atoms with E-state index in [2.05, 4.69) is 5.32 Å². The minimum Gasteiger partial charge on any atom is -0.478 e. The van der Waals surface area contributed by atoms with Crippen LogP contribution in [0.5, 0.6) is 0 Å². The molecule has 133 valence electrons. The maximum atomic E-state index is 11.7. The molecule has 1 radical (unpaired) electrons. The van der Waals surface area contributed by atoms with Crippen LogP contribution < -0.4 is 10.2 Å². The van der Waals surface area contributed by atoms with E-state index >= 15 is 0 Å². The van der Waals surface area contributed by atoms with Crippen molar-refractivity contribution in [2.24, 2.45) is 0 Å². The number of nitro groups is 2. The highest BCUT2D eigenvalue weighted by Gasteiger charge is 2.48. The number of hydrogen-bond acceptors (Lipinski definition) is 8. The number of aliphatic carboxylic acids is 1. The van der Waals surface area contributed by atoms with E-state index in [9.17, 15) is 38.5 Å². The highest BCUT2D eigenvalue weighted by atomic mass is 32.2. The monoisotopic (exact) mass is 371 g/mol. The number of rotatable bonds is 5. The molecule has 1 N–H and O–H groups in total. The van der Waals surface area contributed by atoms with Crippen molar-refractivity contribution >= 4 is 32.9 Å². The van der Waals surface area contributed by atoms with Crippen molar-refractivity contribution in [1.82, 2.24) is 5.32 Å². The summed E-state index contributed by atoms with van der Waals surface area (Å²) in [6, 6.07) is 1.29. The Morgan fingerprint density at radius 1 is 1.24 bits per heavy atom. The summed E-state index contributed by atoms with van der Waals surface area (Å²) in [6.45, 7) is 1.09. The van der Waals surface area contributed by atoms with Gasteiger partial charge in [0, 0.05) is 30.8 Å². The SMILES string of the molecule is CC1(C(=O)O)[N]C=CN1c1c([N+](=O)[O-])cc(S(C)(=O)=O)cc1[N+](=O)[O-]. The molecular formula is C12H11N4O8S. The molecule has 25 heavy (non-hydrogen) atoms. The first-order valence-corrected chi connectivity index (χ1v) is 8.37. The molecule has 1 aromatic carbocycles. The predicted molar refractivity (Wildman–Crippen MR) is 82.7 cm³/mol. The van der Waals surface area contributed by atoms with Crippen LogP contribution >= 0.6 is 0 Å². The fraction of sp³-hybridized carbons (Fsp3) is 0.250. The number of carboxylic acids is 1. The summed E-state index contributed by atoms with van der Waals surface area (Å²) < 4.78 is 23.3. The van der Waals surface area contributed by atoms with E-state index in [0.29, 0.717) is 12.1 Å². The lowest BCUT2D eigenvalue weighted by Gasteiger charge is -2.30. The zero-order valence-corrected chi connectivity index (χ0v) is 13.6. The number of anilines is 1. The number of nitro benzene ring substituents is 2. The molecule has 0 spiro atoms.